The molecule has 0 aromatic heterocycles. The minimum atomic E-state index is 0.579. The van der Waals surface area contributed by atoms with Crippen LogP contribution in [0.3, 0.4) is 0 Å². The Morgan fingerprint density at radius 3 is 2.24 bits per heavy atom. The lowest BCUT2D eigenvalue weighted by Crippen LogP contribution is -2.54. The van der Waals surface area contributed by atoms with Gasteiger partial charge in [0, 0.05) is 17.6 Å². The Morgan fingerprint density at radius 2 is 1.67 bits per heavy atom. The van der Waals surface area contributed by atoms with Crippen molar-refractivity contribution >= 4 is 11.6 Å². The van der Waals surface area contributed by atoms with E-state index in [-0.39, 0.29) is 0 Å². The Bertz CT molecular complexity index is 489. The SMILES string of the molecule is C[C@H](NCc1ccccc1Cl)C12CC3CC(CC(C3)C1)C2. The molecule has 1 aromatic rings. The predicted octanol–water partition coefficient (Wildman–Crippen LogP) is 5.03. The second kappa shape index (κ2) is 5.28. The van der Waals surface area contributed by atoms with Crippen LogP contribution in [0.25, 0.3) is 0 Å². The Balaban J connectivity index is 1.45. The van der Waals surface area contributed by atoms with E-state index in [2.05, 4.69) is 24.4 Å². The molecule has 4 saturated carbocycles. The normalized spacial score (nSPS) is 38.7. The van der Waals surface area contributed by atoms with Gasteiger partial charge in [0.15, 0.2) is 0 Å². The summed E-state index contributed by atoms with van der Waals surface area (Å²) >= 11 is 6.29. The first-order valence-electron chi connectivity index (χ1n) is 8.61. The summed E-state index contributed by atoms with van der Waals surface area (Å²) < 4.78 is 0. The molecule has 0 spiro atoms. The summed E-state index contributed by atoms with van der Waals surface area (Å²) in [5.74, 6) is 3.09. The monoisotopic (exact) mass is 303 g/mol. The summed E-state index contributed by atoms with van der Waals surface area (Å²) in [5.41, 5.74) is 1.81. The summed E-state index contributed by atoms with van der Waals surface area (Å²) in [6.45, 7) is 3.33. The third-order valence-electron chi connectivity index (χ3n) is 6.56. The molecule has 0 saturated heterocycles. The maximum Gasteiger partial charge on any atom is 0.0450 e. The van der Waals surface area contributed by atoms with Crippen molar-refractivity contribution in [1.29, 1.82) is 0 Å². The zero-order valence-corrected chi connectivity index (χ0v) is 13.7. The molecule has 0 amide bonds. The van der Waals surface area contributed by atoms with Gasteiger partial charge in [-0.3, -0.25) is 0 Å². The van der Waals surface area contributed by atoms with E-state index in [0.717, 1.165) is 29.3 Å². The third kappa shape index (κ3) is 2.53. The highest BCUT2D eigenvalue weighted by molar-refractivity contribution is 6.31. The number of hydrogen-bond acceptors (Lipinski definition) is 1. The van der Waals surface area contributed by atoms with Gasteiger partial charge in [-0.05, 0) is 80.2 Å². The Kier molecular flexibility index (Phi) is 3.54. The minimum Gasteiger partial charge on any atom is -0.310 e. The second-order valence-electron chi connectivity index (χ2n) is 7.97. The molecule has 4 aliphatic rings. The molecule has 5 rings (SSSR count). The molecule has 0 radical (unpaired) electrons. The van der Waals surface area contributed by atoms with E-state index in [9.17, 15) is 0 Å². The van der Waals surface area contributed by atoms with Crippen LogP contribution < -0.4 is 5.32 Å². The quantitative estimate of drug-likeness (QED) is 0.822. The van der Waals surface area contributed by atoms with Gasteiger partial charge >= 0.3 is 0 Å². The molecule has 1 N–H and O–H groups in total. The molecule has 1 atom stereocenters. The smallest absolute Gasteiger partial charge is 0.0450 e. The van der Waals surface area contributed by atoms with Gasteiger partial charge < -0.3 is 5.32 Å². The van der Waals surface area contributed by atoms with Crippen LogP contribution in [-0.4, -0.2) is 6.04 Å². The van der Waals surface area contributed by atoms with E-state index in [1.807, 2.05) is 12.1 Å². The third-order valence-corrected chi connectivity index (χ3v) is 6.93. The number of halogens is 1. The first kappa shape index (κ1) is 14.1. The van der Waals surface area contributed by atoms with Crippen molar-refractivity contribution in [2.45, 2.75) is 58.0 Å². The van der Waals surface area contributed by atoms with Crippen molar-refractivity contribution in [2.24, 2.45) is 23.2 Å². The Morgan fingerprint density at radius 1 is 1.10 bits per heavy atom. The van der Waals surface area contributed by atoms with Gasteiger partial charge in [0.2, 0.25) is 0 Å². The topological polar surface area (TPSA) is 12.0 Å². The van der Waals surface area contributed by atoms with Gasteiger partial charge in [-0.15, -0.1) is 0 Å². The highest BCUT2D eigenvalue weighted by Crippen LogP contribution is 2.61. The van der Waals surface area contributed by atoms with E-state index in [4.69, 9.17) is 11.6 Å². The summed E-state index contributed by atoms with van der Waals surface area (Å²) in [6, 6.07) is 8.84. The Hall–Kier alpha value is -0.530. The van der Waals surface area contributed by atoms with Crippen LogP contribution in [0.1, 0.15) is 51.0 Å². The lowest BCUT2D eigenvalue weighted by molar-refractivity contribution is -0.0706. The molecule has 114 valence electrons. The van der Waals surface area contributed by atoms with Gasteiger partial charge in [0.1, 0.15) is 0 Å². The van der Waals surface area contributed by atoms with Crippen LogP contribution in [0.2, 0.25) is 5.02 Å². The van der Waals surface area contributed by atoms with Crippen molar-refractivity contribution in [3.63, 3.8) is 0 Å². The van der Waals surface area contributed by atoms with Gasteiger partial charge in [-0.1, -0.05) is 29.8 Å². The lowest BCUT2D eigenvalue weighted by atomic mass is 9.48. The fraction of sp³-hybridized carbons (Fsp3) is 0.684. The zero-order valence-electron chi connectivity index (χ0n) is 12.9. The van der Waals surface area contributed by atoms with Crippen LogP contribution in [0, 0.1) is 23.2 Å². The molecule has 0 heterocycles. The van der Waals surface area contributed by atoms with Crippen LogP contribution in [0.4, 0.5) is 0 Å². The molecular weight excluding hydrogens is 278 g/mol. The average molecular weight is 304 g/mol. The molecule has 1 aromatic carbocycles. The van der Waals surface area contributed by atoms with E-state index in [1.54, 1.807) is 0 Å². The largest absolute Gasteiger partial charge is 0.310 e. The number of hydrogen-bond donors (Lipinski definition) is 1. The summed E-state index contributed by atoms with van der Waals surface area (Å²) in [6.07, 6.45) is 8.98. The molecular formula is C19H26ClN. The maximum absolute atomic E-state index is 6.29. The van der Waals surface area contributed by atoms with Crippen LogP contribution in [0.5, 0.6) is 0 Å². The molecule has 0 unspecified atom stereocenters. The highest BCUT2D eigenvalue weighted by atomic mass is 35.5. The molecule has 1 nitrogen and oxygen atoms in total. The molecule has 21 heavy (non-hydrogen) atoms. The van der Waals surface area contributed by atoms with E-state index >= 15 is 0 Å². The summed E-state index contributed by atoms with van der Waals surface area (Å²) in [4.78, 5) is 0. The fourth-order valence-corrected chi connectivity index (χ4v) is 6.03. The van der Waals surface area contributed by atoms with E-state index < -0.39 is 0 Å². The molecule has 4 fully saturated rings. The Labute approximate surface area is 133 Å². The van der Waals surface area contributed by atoms with Gasteiger partial charge in [-0.2, -0.15) is 0 Å². The van der Waals surface area contributed by atoms with Crippen molar-refractivity contribution in [1.82, 2.24) is 5.32 Å². The van der Waals surface area contributed by atoms with Crippen molar-refractivity contribution in [2.75, 3.05) is 0 Å². The number of rotatable bonds is 4. The van der Waals surface area contributed by atoms with Crippen molar-refractivity contribution < 1.29 is 0 Å². The van der Waals surface area contributed by atoms with Crippen molar-refractivity contribution in [3.05, 3.63) is 34.9 Å². The van der Waals surface area contributed by atoms with Gasteiger partial charge in [0.25, 0.3) is 0 Å². The first-order valence-corrected chi connectivity index (χ1v) is 8.99. The lowest BCUT2D eigenvalue weighted by Gasteiger charge is -2.59. The standard InChI is InChI=1S/C19H26ClN/c1-13(21-12-17-4-2-3-5-18(17)20)19-9-14-6-15(10-19)8-16(7-14)11-19/h2-5,13-16,21H,6-12H2,1H3/t13-,14?,15?,16?,19?/m0/s1. The van der Waals surface area contributed by atoms with Crippen molar-refractivity contribution in [3.8, 4) is 0 Å². The van der Waals surface area contributed by atoms with Gasteiger partial charge in [-0.25, -0.2) is 0 Å². The summed E-state index contributed by atoms with van der Waals surface area (Å²) in [7, 11) is 0. The average Bonchev–Trinajstić information content (AvgIpc) is 2.44. The number of benzene rings is 1. The molecule has 4 bridgehead atoms. The van der Waals surface area contributed by atoms with Crippen LogP contribution >= 0.6 is 11.6 Å². The van der Waals surface area contributed by atoms with E-state index in [0.29, 0.717) is 11.5 Å². The van der Waals surface area contributed by atoms with Crippen LogP contribution in [0.15, 0.2) is 24.3 Å². The summed E-state index contributed by atoms with van der Waals surface area (Å²) in [5, 5.41) is 4.70. The van der Waals surface area contributed by atoms with Crippen LogP contribution in [-0.2, 0) is 6.54 Å². The molecule has 4 aliphatic carbocycles. The fourth-order valence-electron chi connectivity index (χ4n) is 5.83. The first-order chi connectivity index (χ1) is 10.1. The number of nitrogens with one attached hydrogen (secondary N) is 1. The maximum atomic E-state index is 6.29. The molecule has 0 aliphatic heterocycles. The second-order valence-corrected chi connectivity index (χ2v) is 8.38. The predicted molar refractivity (Wildman–Crippen MR) is 88.4 cm³/mol. The van der Waals surface area contributed by atoms with Gasteiger partial charge in [0.05, 0.1) is 0 Å². The molecule has 2 heteroatoms. The zero-order chi connectivity index (χ0) is 14.4. The highest BCUT2D eigenvalue weighted by Gasteiger charge is 2.52. The minimum absolute atomic E-state index is 0.579. The van der Waals surface area contributed by atoms with E-state index in [1.165, 1.54) is 44.1 Å².